The third-order valence-electron chi connectivity index (χ3n) is 9.42. The van der Waals surface area contributed by atoms with Gasteiger partial charge in [-0.3, -0.25) is 0 Å². The summed E-state index contributed by atoms with van der Waals surface area (Å²) in [5.41, 5.74) is 8.20. The fourth-order valence-corrected chi connectivity index (χ4v) is 8.24. The van der Waals surface area contributed by atoms with Crippen LogP contribution < -0.4 is 0 Å². The Labute approximate surface area is 269 Å². The van der Waals surface area contributed by atoms with Crippen molar-refractivity contribution in [1.82, 2.24) is 9.55 Å². The summed E-state index contributed by atoms with van der Waals surface area (Å²) >= 11 is 1.74. The normalized spacial score (nSPS) is 11.9. The van der Waals surface area contributed by atoms with Crippen molar-refractivity contribution in [3.05, 3.63) is 158 Å². The summed E-state index contributed by atoms with van der Waals surface area (Å²) in [6.07, 6.45) is 0. The topological polar surface area (TPSA) is 17.8 Å². The highest BCUT2D eigenvalue weighted by molar-refractivity contribution is 7.21. The van der Waals surface area contributed by atoms with Crippen LogP contribution in [0, 0.1) is 0 Å². The standard InChI is InChI=1S/C43H26N2S/c1-2-11-33-31(9-1)32-10-3-4-12-34(32)37-25-28(19-23-35(33)37)29-20-24-41-38(26-29)36-13-5-7-15-40(36)45(41)30-21-17-27(18-22-30)43-44-39-14-6-8-16-42(39)46-43/h1-26H. The first kappa shape index (κ1) is 25.5. The highest BCUT2D eigenvalue weighted by Crippen LogP contribution is 2.39. The van der Waals surface area contributed by atoms with E-state index >= 15 is 0 Å². The Morgan fingerprint density at radius 3 is 1.63 bits per heavy atom. The van der Waals surface area contributed by atoms with Gasteiger partial charge in [0.05, 0.1) is 21.3 Å². The predicted octanol–water partition coefficient (Wildman–Crippen LogP) is 12.2. The molecule has 3 heteroatoms. The van der Waals surface area contributed by atoms with Gasteiger partial charge in [-0.05, 0) is 104 Å². The lowest BCUT2D eigenvalue weighted by Gasteiger charge is -2.12. The Balaban J connectivity index is 1.12. The van der Waals surface area contributed by atoms with E-state index in [0.29, 0.717) is 0 Å². The number of fused-ring (bicyclic) bond motifs is 10. The maximum absolute atomic E-state index is 4.88. The number of hydrogen-bond donors (Lipinski definition) is 0. The number of aromatic nitrogens is 2. The molecule has 2 heterocycles. The van der Waals surface area contributed by atoms with Gasteiger partial charge in [-0.25, -0.2) is 4.98 Å². The molecule has 2 aromatic heterocycles. The van der Waals surface area contributed by atoms with E-state index < -0.39 is 0 Å². The minimum atomic E-state index is 1.05. The third-order valence-corrected chi connectivity index (χ3v) is 10.5. The Morgan fingerprint density at radius 1 is 0.391 bits per heavy atom. The molecule has 0 amide bonds. The molecule has 10 aromatic rings. The number of hydrogen-bond acceptors (Lipinski definition) is 2. The summed E-state index contributed by atoms with van der Waals surface area (Å²) in [6, 6.07) is 57.4. The smallest absolute Gasteiger partial charge is 0.124 e. The molecule has 0 aliphatic rings. The van der Waals surface area contributed by atoms with Gasteiger partial charge in [0, 0.05) is 22.0 Å². The van der Waals surface area contributed by atoms with Gasteiger partial charge in [-0.1, -0.05) is 97.1 Å². The van der Waals surface area contributed by atoms with Crippen molar-refractivity contribution >= 4 is 75.7 Å². The Kier molecular flexibility index (Phi) is 5.48. The maximum atomic E-state index is 4.88. The zero-order valence-electron chi connectivity index (χ0n) is 24.8. The van der Waals surface area contributed by atoms with Crippen LogP contribution in [-0.4, -0.2) is 9.55 Å². The highest BCUT2D eigenvalue weighted by atomic mass is 32.1. The minimum absolute atomic E-state index is 1.05. The van der Waals surface area contributed by atoms with Crippen molar-refractivity contribution in [3.8, 4) is 27.4 Å². The molecular formula is C43H26N2S. The first-order chi connectivity index (χ1) is 22.8. The van der Waals surface area contributed by atoms with Crippen LogP contribution in [0.15, 0.2) is 158 Å². The summed E-state index contributed by atoms with van der Waals surface area (Å²) in [4.78, 5) is 4.88. The molecule has 10 rings (SSSR count). The average Bonchev–Trinajstić information content (AvgIpc) is 3.71. The van der Waals surface area contributed by atoms with Crippen LogP contribution in [0.2, 0.25) is 0 Å². The third kappa shape index (κ3) is 3.79. The van der Waals surface area contributed by atoms with Crippen molar-refractivity contribution in [2.45, 2.75) is 0 Å². The van der Waals surface area contributed by atoms with Gasteiger partial charge in [0.15, 0.2) is 0 Å². The van der Waals surface area contributed by atoms with E-state index in [1.807, 2.05) is 6.07 Å². The first-order valence-electron chi connectivity index (χ1n) is 15.6. The van der Waals surface area contributed by atoms with E-state index in [2.05, 4.69) is 156 Å². The zero-order chi connectivity index (χ0) is 30.2. The molecule has 214 valence electrons. The molecule has 0 bridgehead atoms. The van der Waals surface area contributed by atoms with Gasteiger partial charge >= 0.3 is 0 Å². The lowest BCUT2D eigenvalue weighted by Crippen LogP contribution is -1.93. The van der Waals surface area contributed by atoms with Crippen molar-refractivity contribution in [1.29, 1.82) is 0 Å². The van der Waals surface area contributed by atoms with Gasteiger partial charge in [0.25, 0.3) is 0 Å². The van der Waals surface area contributed by atoms with Crippen LogP contribution in [0.1, 0.15) is 0 Å². The fourth-order valence-electron chi connectivity index (χ4n) is 7.27. The monoisotopic (exact) mass is 602 g/mol. The summed E-state index contributed by atoms with van der Waals surface area (Å²) in [7, 11) is 0. The SMILES string of the molecule is c1ccc2sc(-c3ccc(-n4c5ccccc5c5cc(-c6ccc7c8ccccc8c8ccccc8c7c6)ccc54)cc3)nc2c1. The van der Waals surface area contributed by atoms with Gasteiger partial charge in [-0.2, -0.15) is 0 Å². The van der Waals surface area contributed by atoms with E-state index in [4.69, 9.17) is 4.98 Å². The summed E-state index contributed by atoms with van der Waals surface area (Å²) in [6.45, 7) is 0. The highest BCUT2D eigenvalue weighted by Gasteiger charge is 2.15. The lowest BCUT2D eigenvalue weighted by molar-refractivity contribution is 1.18. The molecule has 8 aromatic carbocycles. The minimum Gasteiger partial charge on any atom is -0.309 e. The summed E-state index contributed by atoms with van der Waals surface area (Å²) in [5, 5.41) is 11.4. The van der Waals surface area contributed by atoms with E-state index in [-0.39, 0.29) is 0 Å². The van der Waals surface area contributed by atoms with Gasteiger partial charge < -0.3 is 4.57 Å². The van der Waals surface area contributed by atoms with E-state index in [0.717, 1.165) is 21.8 Å². The lowest BCUT2D eigenvalue weighted by atomic mass is 9.92. The van der Waals surface area contributed by atoms with Crippen LogP contribution >= 0.6 is 11.3 Å². The number of nitrogens with zero attached hydrogens (tertiary/aromatic N) is 2. The molecule has 0 unspecified atom stereocenters. The second-order valence-electron chi connectivity index (χ2n) is 12.0. The molecule has 0 spiro atoms. The quantitative estimate of drug-likeness (QED) is 0.184. The number of rotatable bonds is 3. The Bertz CT molecular complexity index is 2730. The van der Waals surface area contributed by atoms with Crippen LogP contribution in [0.4, 0.5) is 0 Å². The van der Waals surface area contributed by atoms with E-state index in [9.17, 15) is 0 Å². The largest absolute Gasteiger partial charge is 0.309 e. The van der Waals surface area contributed by atoms with Crippen LogP contribution in [0.5, 0.6) is 0 Å². The fraction of sp³-hybridized carbons (Fsp3) is 0. The van der Waals surface area contributed by atoms with Crippen molar-refractivity contribution in [3.63, 3.8) is 0 Å². The van der Waals surface area contributed by atoms with Crippen molar-refractivity contribution < 1.29 is 0 Å². The number of para-hydroxylation sites is 2. The molecule has 0 N–H and O–H groups in total. The molecule has 0 aliphatic heterocycles. The van der Waals surface area contributed by atoms with Crippen LogP contribution in [-0.2, 0) is 0 Å². The van der Waals surface area contributed by atoms with Gasteiger partial charge in [0.1, 0.15) is 5.01 Å². The second kappa shape index (κ2) is 9.87. The molecule has 46 heavy (non-hydrogen) atoms. The average molecular weight is 603 g/mol. The molecule has 0 fully saturated rings. The zero-order valence-corrected chi connectivity index (χ0v) is 25.6. The molecule has 0 atom stereocenters. The molecule has 0 aliphatic carbocycles. The molecule has 0 saturated carbocycles. The summed E-state index contributed by atoms with van der Waals surface area (Å²) in [5.74, 6) is 0. The molecule has 0 saturated heterocycles. The second-order valence-corrected chi connectivity index (χ2v) is 13.0. The van der Waals surface area contributed by atoms with Crippen LogP contribution in [0.3, 0.4) is 0 Å². The Morgan fingerprint density at radius 2 is 0.913 bits per heavy atom. The molecular weight excluding hydrogens is 577 g/mol. The van der Waals surface area contributed by atoms with Gasteiger partial charge in [0.2, 0.25) is 0 Å². The van der Waals surface area contributed by atoms with Crippen molar-refractivity contribution in [2.24, 2.45) is 0 Å². The van der Waals surface area contributed by atoms with E-state index in [1.165, 1.54) is 70.0 Å². The molecule has 2 nitrogen and oxygen atoms in total. The number of thiazole rings is 1. The maximum Gasteiger partial charge on any atom is 0.124 e. The van der Waals surface area contributed by atoms with Crippen LogP contribution in [0.25, 0.3) is 91.7 Å². The predicted molar refractivity (Wildman–Crippen MR) is 197 cm³/mol. The Hall–Kier alpha value is -5.77. The van der Waals surface area contributed by atoms with Crippen molar-refractivity contribution in [2.75, 3.05) is 0 Å². The summed E-state index contributed by atoms with van der Waals surface area (Å²) < 4.78 is 3.60. The van der Waals surface area contributed by atoms with E-state index in [1.54, 1.807) is 11.3 Å². The first-order valence-corrected chi connectivity index (χ1v) is 16.4. The van der Waals surface area contributed by atoms with Gasteiger partial charge in [-0.15, -0.1) is 11.3 Å². The number of benzene rings is 8. The molecule has 0 radical (unpaired) electrons.